The summed E-state index contributed by atoms with van der Waals surface area (Å²) in [4.78, 5) is 40.9. The molecule has 1 aliphatic rings. The Morgan fingerprint density at radius 3 is 2.96 bits per heavy atom. The van der Waals surface area contributed by atoms with Gasteiger partial charge in [0.05, 0.1) is 24.1 Å². The van der Waals surface area contributed by atoms with E-state index < -0.39 is 17.4 Å². The lowest BCUT2D eigenvalue weighted by molar-refractivity contribution is -0.115. The molecule has 3 N–H and O–H groups in total. The van der Waals surface area contributed by atoms with Gasteiger partial charge in [-0.3, -0.25) is 19.9 Å². The van der Waals surface area contributed by atoms with Crippen LogP contribution in [0.2, 0.25) is 0 Å². The molecule has 0 bridgehead atoms. The van der Waals surface area contributed by atoms with Crippen molar-refractivity contribution < 1.29 is 19.1 Å². The zero-order chi connectivity index (χ0) is 17.8. The van der Waals surface area contributed by atoms with Crippen molar-refractivity contribution in [2.24, 2.45) is 0 Å². The quantitative estimate of drug-likeness (QED) is 0.750. The number of thioether (sulfide) groups is 1. The van der Waals surface area contributed by atoms with Crippen LogP contribution in [-0.2, 0) is 9.53 Å². The van der Waals surface area contributed by atoms with Gasteiger partial charge in [-0.05, 0) is 24.4 Å². The Labute approximate surface area is 151 Å². The molecule has 0 radical (unpaired) electrons. The fraction of sp³-hybridized carbons (Fsp3) is 0.200. The summed E-state index contributed by atoms with van der Waals surface area (Å²) in [6, 6.07) is 3.35. The number of carbonyl (C=O) groups excluding carboxylic acids is 3. The first-order valence-corrected chi connectivity index (χ1v) is 9.08. The molecule has 2 aromatic heterocycles. The number of nitrogens with one attached hydrogen (secondary N) is 3. The Kier molecular flexibility index (Phi) is 5.19. The zero-order valence-corrected chi connectivity index (χ0v) is 14.7. The summed E-state index contributed by atoms with van der Waals surface area (Å²) in [7, 11) is 0. The number of fused-ring (bicyclic) bond motifs is 1. The van der Waals surface area contributed by atoms with Crippen molar-refractivity contribution >= 4 is 51.7 Å². The third-order valence-corrected chi connectivity index (χ3v) is 5.20. The van der Waals surface area contributed by atoms with E-state index in [0.717, 1.165) is 10.6 Å². The fourth-order valence-corrected chi connectivity index (χ4v) is 3.87. The number of hydrogen-bond donors (Lipinski definition) is 3. The van der Waals surface area contributed by atoms with Crippen LogP contribution in [-0.4, -0.2) is 34.9 Å². The fourth-order valence-electron chi connectivity index (χ4n) is 2.10. The Morgan fingerprint density at radius 2 is 2.20 bits per heavy atom. The van der Waals surface area contributed by atoms with Crippen molar-refractivity contribution in [1.29, 1.82) is 0 Å². The molecule has 1 aliphatic heterocycles. The largest absolute Gasteiger partial charge is 0.450 e. The average molecular weight is 378 g/mol. The predicted molar refractivity (Wildman–Crippen MR) is 94.9 cm³/mol. The number of rotatable bonds is 4. The van der Waals surface area contributed by atoms with Crippen LogP contribution in [0.1, 0.15) is 17.3 Å². The van der Waals surface area contributed by atoms with E-state index in [4.69, 9.17) is 0 Å². The van der Waals surface area contributed by atoms with Crippen LogP contribution in [0.15, 0.2) is 34.8 Å². The molecule has 2 aromatic rings. The monoisotopic (exact) mass is 378 g/mol. The van der Waals surface area contributed by atoms with Crippen LogP contribution in [0, 0.1) is 0 Å². The Hall–Kier alpha value is -2.59. The number of ether oxygens (including phenoxy) is 1. The third-order valence-electron chi connectivity index (χ3n) is 3.19. The number of carbonyl (C=O) groups is 3. The number of hydrogen-bond acceptors (Lipinski definition) is 8. The number of imide groups is 1. The molecule has 0 spiro atoms. The predicted octanol–water partition coefficient (Wildman–Crippen LogP) is 2.51. The molecule has 1 unspecified atom stereocenters. The first kappa shape index (κ1) is 17.2. The lowest BCUT2D eigenvalue weighted by Crippen LogP contribution is -2.32. The molecule has 0 aromatic carbocycles. The van der Waals surface area contributed by atoms with Crippen LogP contribution >= 0.6 is 23.1 Å². The van der Waals surface area contributed by atoms with Gasteiger partial charge in [-0.25, -0.2) is 4.79 Å². The lowest BCUT2D eigenvalue weighted by atomic mass is 10.3. The molecule has 0 aliphatic carbocycles. The van der Waals surface area contributed by atoms with E-state index in [0.29, 0.717) is 5.00 Å². The van der Waals surface area contributed by atoms with E-state index in [-0.39, 0.29) is 18.1 Å². The highest BCUT2D eigenvalue weighted by atomic mass is 32.2. The number of anilines is 2. The van der Waals surface area contributed by atoms with Gasteiger partial charge in [-0.1, -0.05) is 11.8 Å². The molecular weight excluding hydrogens is 364 g/mol. The summed E-state index contributed by atoms with van der Waals surface area (Å²) in [5, 5.41) is 9.38. The maximum absolute atomic E-state index is 12.4. The van der Waals surface area contributed by atoms with Gasteiger partial charge in [0, 0.05) is 11.1 Å². The molecule has 0 saturated heterocycles. The number of alkyl carbamates (subject to hydrolysis) is 1. The van der Waals surface area contributed by atoms with Crippen LogP contribution in [0.5, 0.6) is 0 Å². The summed E-state index contributed by atoms with van der Waals surface area (Å²) in [6.07, 6.45) is 2.48. The molecule has 3 heterocycles. The van der Waals surface area contributed by atoms with E-state index in [2.05, 4.69) is 25.7 Å². The van der Waals surface area contributed by atoms with Crippen molar-refractivity contribution in [2.75, 3.05) is 17.2 Å². The highest BCUT2D eigenvalue weighted by Crippen LogP contribution is 2.38. The van der Waals surface area contributed by atoms with Gasteiger partial charge in [0.2, 0.25) is 0 Å². The first-order chi connectivity index (χ1) is 12.1. The first-order valence-electron chi connectivity index (χ1n) is 7.32. The maximum atomic E-state index is 12.4. The minimum atomic E-state index is -0.827. The average Bonchev–Trinajstić information content (AvgIpc) is 3.21. The summed E-state index contributed by atoms with van der Waals surface area (Å²) >= 11 is 2.56. The topological polar surface area (TPSA) is 109 Å². The van der Waals surface area contributed by atoms with E-state index in [9.17, 15) is 14.4 Å². The van der Waals surface area contributed by atoms with Crippen molar-refractivity contribution in [2.45, 2.75) is 17.2 Å². The molecule has 1 atom stereocenters. The van der Waals surface area contributed by atoms with Crippen molar-refractivity contribution in [1.82, 2.24) is 10.3 Å². The Bertz CT molecular complexity index is 798. The maximum Gasteiger partial charge on any atom is 0.414 e. The summed E-state index contributed by atoms with van der Waals surface area (Å²) in [5.74, 6) is -0.927. The lowest BCUT2D eigenvalue weighted by Gasteiger charge is -2.11. The molecule has 130 valence electrons. The van der Waals surface area contributed by atoms with E-state index in [1.54, 1.807) is 24.7 Å². The standard InChI is InChI=1S/C15H14N4O4S2/c1-2-23-15(22)19-11(20)8-4-6-24-13(8)18-12(21)14-17-9-7-16-5-3-10(9)25-14/h3-7,14,17H,2H2,1H3,(H,18,21)(H,19,20,22). The van der Waals surface area contributed by atoms with Crippen LogP contribution in [0.25, 0.3) is 0 Å². The molecule has 3 amide bonds. The van der Waals surface area contributed by atoms with E-state index in [1.165, 1.54) is 29.2 Å². The molecule has 8 nitrogen and oxygen atoms in total. The van der Waals surface area contributed by atoms with Gasteiger partial charge in [-0.15, -0.1) is 11.3 Å². The number of thiophene rings is 1. The molecule has 0 fully saturated rings. The van der Waals surface area contributed by atoms with Gasteiger partial charge >= 0.3 is 6.09 Å². The highest BCUT2D eigenvalue weighted by molar-refractivity contribution is 8.01. The molecule has 25 heavy (non-hydrogen) atoms. The highest BCUT2D eigenvalue weighted by Gasteiger charge is 2.29. The summed E-state index contributed by atoms with van der Waals surface area (Å²) < 4.78 is 4.67. The summed E-state index contributed by atoms with van der Waals surface area (Å²) in [5.41, 5.74) is 0.993. The van der Waals surface area contributed by atoms with Crippen LogP contribution < -0.4 is 16.0 Å². The Morgan fingerprint density at radius 1 is 1.36 bits per heavy atom. The van der Waals surface area contributed by atoms with Gasteiger partial charge in [0.15, 0.2) is 5.37 Å². The zero-order valence-electron chi connectivity index (χ0n) is 13.1. The van der Waals surface area contributed by atoms with Crippen molar-refractivity contribution in [3.63, 3.8) is 0 Å². The van der Waals surface area contributed by atoms with Crippen molar-refractivity contribution in [3.05, 3.63) is 35.5 Å². The summed E-state index contributed by atoms with van der Waals surface area (Å²) in [6.45, 7) is 1.80. The number of amides is 3. The number of nitrogens with zero attached hydrogens (tertiary/aromatic N) is 1. The minimum absolute atomic E-state index is 0.159. The van der Waals surface area contributed by atoms with E-state index in [1.807, 2.05) is 6.07 Å². The SMILES string of the molecule is CCOC(=O)NC(=O)c1ccsc1NC(=O)C1Nc2cnccc2S1. The van der Waals surface area contributed by atoms with Gasteiger partial charge in [0.25, 0.3) is 11.8 Å². The van der Waals surface area contributed by atoms with Gasteiger partial charge < -0.3 is 15.4 Å². The molecule has 10 heteroatoms. The van der Waals surface area contributed by atoms with Crippen molar-refractivity contribution in [3.8, 4) is 0 Å². The van der Waals surface area contributed by atoms with Crippen LogP contribution in [0.4, 0.5) is 15.5 Å². The van der Waals surface area contributed by atoms with Gasteiger partial charge in [0.1, 0.15) is 5.00 Å². The molecule has 0 saturated carbocycles. The molecule has 3 rings (SSSR count). The van der Waals surface area contributed by atoms with Gasteiger partial charge in [-0.2, -0.15) is 0 Å². The minimum Gasteiger partial charge on any atom is -0.450 e. The second-order valence-electron chi connectivity index (χ2n) is 4.84. The molecular formula is C15H14N4O4S2. The third kappa shape index (κ3) is 3.91. The normalized spacial score (nSPS) is 15.0. The second-order valence-corrected chi connectivity index (χ2v) is 6.90. The van der Waals surface area contributed by atoms with E-state index >= 15 is 0 Å². The smallest absolute Gasteiger partial charge is 0.414 e. The second kappa shape index (κ2) is 7.53. The number of aromatic nitrogens is 1. The number of pyridine rings is 1. The Balaban J connectivity index is 1.64. The van der Waals surface area contributed by atoms with Crippen LogP contribution in [0.3, 0.4) is 0 Å².